The number of ether oxygens (including phenoxy) is 1. The zero-order valence-corrected chi connectivity index (χ0v) is 20.3. The lowest BCUT2D eigenvalue weighted by Gasteiger charge is -2.19. The Balaban J connectivity index is 1.67. The van der Waals surface area contributed by atoms with Crippen molar-refractivity contribution < 1.29 is 18.3 Å². The van der Waals surface area contributed by atoms with E-state index in [1.54, 1.807) is 24.3 Å². The van der Waals surface area contributed by atoms with Crippen LogP contribution in [0.4, 0.5) is 8.78 Å². The monoisotopic (exact) mass is 514 g/mol. The second-order valence-corrected chi connectivity index (χ2v) is 8.83. The maximum atomic E-state index is 13.5. The lowest BCUT2D eigenvalue weighted by Crippen LogP contribution is -2.38. The Kier molecular flexibility index (Phi) is 7.83. The Morgan fingerprint density at radius 2 is 1.89 bits per heavy atom. The van der Waals surface area contributed by atoms with Crippen molar-refractivity contribution in [2.45, 2.75) is 25.8 Å². The van der Waals surface area contributed by atoms with Crippen molar-refractivity contribution >= 4 is 40.0 Å². The van der Waals surface area contributed by atoms with Gasteiger partial charge >= 0.3 is 0 Å². The molecule has 1 N–H and O–H groups in total. The van der Waals surface area contributed by atoms with Gasteiger partial charge in [0.15, 0.2) is 5.75 Å². The highest BCUT2D eigenvalue weighted by atomic mass is 35.5. The standard InChI is InChI=1S/C27H22Cl2F2N2O2/c1-16-9-10-17(22(29)11-16)12-19(14-28)33-27(34)25-21-7-2-3-8-23(21)32-15-24(25)35-20-6-4-5-18(13-20)26(30)31/h2-11,13,15,19,26H,12,14H2,1H3,(H,33,34). The number of aryl methyl sites for hydroxylation is 1. The maximum Gasteiger partial charge on any atom is 0.263 e. The van der Waals surface area contributed by atoms with Crippen LogP contribution in [0.3, 0.4) is 0 Å². The van der Waals surface area contributed by atoms with E-state index in [1.807, 2.05) is 31.2 Å². The van der Waals surface area contributed by atoms with Crippen LogP contribution in [0.5, 0.6) is 11.5 Å². The largest absolute Gasteiger partial charge is 0.455 e. The quantitative estimate of drug-likeness (QED) is 0.247. The number of alkyl halides is 3. The summed E-state index contributed by atoms with van der Waals surface area (Å²) in [7, 11) is 0. The average Bonchev–Trinajstić information content (AvgIpc) is 2.85. The SMILES string of the molecule is Cc1ccc(CC(CCl)NC(=O)c2c(Oc3cccc(C(F)F)c3)cnc3ccccc23)c(Cl)c1. The molecule has 4 rings (SSSR count). The number of aromatic nitrogens is 1. The van der Waals surface area contributed by atoms with Crippen LogP contribution in [0.2, 0.25) is 5.02 Å². The van der Waals surface area contributed by atoms with Crippen molar-refractivity contribution in [1.29, 1.82) is 0 Å². The molecular weight excluding hydrogens is 493 g/mol. The van der Waals surface area contributed by atoms with Crippen LogP contribution in [-0.4, -0.2) is 22.8 Å². The molecule has 0 aliphatic rings. The molecule has 0 fully saturated rings. The van der Waals surface area contributed by atoms with Gasteiger partial charge in [0.1, 0.15) is 5.75 Å². The summed E-state index contributed by atoms with van der Waals surface area (Å²) in [6.07, 6.45) is -0.794. The molecule has 180 valence electrons. The van der Waals surface area contributed by atoms with Crippen LogP contribution >= 0.6 is 23.2 Å². The zero-order valence-electron chi connectivity index (χ0n) is 18.8. The molecule has 0 aliphatic carbocycles. The Labute approximate surface area is 211 Å². The van der Waals surface area contributed by atoms with Crippen LogP contribution < -0.4 is 10.1 Å². The maximum absolute atomic E-state index is 13.5. The van der Waals surface area contributed by atoms with Gasteiger partial charge in [-0.2, -0.15) is 0 Å². The minimum atomic E-state index is -2.64. The Bertz CT molecular complexity index is 1360. The van der Waals surface area contributed by atoms with E-state index in [1.165, 1.54) is 24.4 Å². The number of rotatable bonds is 8. The highest BCUT2D eigenvalue weighted by molar-refractivity contribution is 6.31. The third kappa shape index (κ3) is 5.89. The first kappa shape index (κ1) is 24.9. The first-order valence-electron chi connectivity index (χ1n) is 10.9. The predicted molar refractivity (Wildman–Crippen MR) is 135 cm³/mol. The van der Waals surface area contributed by atoms with E-state index in [-0.39, 0.29) is 28.5 Å². The summed E-state index contributed by atoms with van der Waals surface area (Å²) in [6.45, 7) is 1.95. The smallest absolute Gasteiger partial charge is 0.263 e. The number of carbonyl (C=O) groups is 1. The van der Waals surface area contributed by atoms with Crippen LogP contribution in [0, 0.1) is 6.92 Å². The molecule has 1 amide bonds. The van der Waals surface area contributed by atoms with E-state index in [4.69, 9.17) is 27.9 Å². The number of pyridine rings is 1. The molecule has 4 nitrogen and oxygen atoms in total. The number of carbonyl (C=O) groups excluding carboxylic acids is 1. The zero-order chi connectivity index (χ0) is 24.9. The van der Waals surface area contributed by atoms with E-state index < -0.39 is 18.4 Å². The fourth-order valence-corrected chi connectivity index (χ4v) is 4.26. The molecule has 1 aromatic heterocycles. The number of amides is 1. The highest BCUT2D eigenvalue weighted by Gasteiger charge is 2.22. The minimum Gasteiger partial charge on any atom is -0.455 e. The minimum absolute atomic E-state index is 0.148. The van der Waals surface area contributed by atoms with Gasteiger partial charge in [0.2, 0.25) is 0 Å². The van der Waals surface area contributed by atoms with Crippen molar-refractivity contribution in [1.82, 2.24) is 10.3 Å². The lowest BCUT2D eigenvalue weighted by atomic mass is 10.0. The summed E-state index contributed by atoms with van der Waals surface area (Å²) in [5, 5.41) is 4.13. The number of hydrogen-bond acceptors (Lipinski definition) is 3. The Morgan fingerprint density at radius 1 is 1.09 bits per heavy atom. The van der Waals surface area contributed by atoms with Crippen molar-refractivity contribution in [2.75, 3.05) is 5.88 Å². The van der Waals surface area contributed by atoms with Crippen LogP contribution in [0.1, 0.15) is 33.5 Å². The van der Waals surface area contributed by atoms with Gasteiger partial charge in [0, 0.05) is 27.9 Å². The fraction of sp³-hybridized carbons (Fsp3) is 0.185. The molecular formula is C27H22Cl2F2N2O2. The first-order chi connectivity index (χ1) is 16.9. The van der Waals surface area contributed by atoms with E-state index in [9.17, 15) is 13.6 Å². The third-order valence-corrected chi connectivity index (χ3v) is 6.23. The fourth-order valence-electron chi connectivity index (χ4n) is 3.76. The number of benzene rings is 3. The molecule has 1 heterocycles. The molecule has 1 atom stereocenters. The molecule has 4 aromatic rings. The summed E-state index contributed by atoms with van der Waals surface area (Å²) < 4.78 is 32.2. The van der Waals surface area contributed by atoms with Crippen molar-refractivity contribution in [3.05, 3.63) is 100 Å². The molecule has 0 bridgehead atoms. The summed E-state index contributed by atoms with van der Waals surface area (Å²) >= 11 is 12.6. The lowest BCUT2D eigenvalue weighted by molar-refractivity contribution is 0.0939. The molecule has 0 saturated carbocycles. The van der Waals surface area contributed by atoms with Gasteiger partial charge in [-0.25, -0.2) is 8.78 Å². The van der Waals surface area contributed by atoms with E-state index in [2.05, 4.69) is 10.3 Å². The molecule has 0 saturated heterocycles. The summed E-state index contributed by atoms with van der Waals surface area (Å²) in [4.78, 5) is 17.9. The molecule has 0 spiro atoms. The predicted octanol–water partition coefficient (Wildman–Crippen LogP) is 7.51. The van der Waals surface area contributed by atoms with Gasteiger partial charge in [0.25, 0.3) is 12.3 Å². The third-order valence-electron chi connectivity index (χ3n) is 5.50. The van der Waals surface area contributed by atoms with Crippen LogP contribution in [0.25, 0.3) is 10.9 Å². The highest BCUT2D eigenvalue weighted by Crippen LogP contribution is 2.32. The van der Waals surface area contributed by atoms with Crippen LogP contribution in [0.15, 0.2) is 72.9 Å². The summed E-state index contributed by atoms with van der Waals surface area (Å²) in [5.41, 5.74) is 2.55. The van der Waals surface area contributed by atoms with Gasteiger partial charge in [0.05, 0.1) is 17.3 Å². The molecule has 3 aromatic carbocycles. The van der Waals surface area contributed by atoms with Gasteiger partial charge in [-0.05, 0) is 48.7 Å². The summed E-state index contributed by atoms with van der Waals surface area (Å²) in [5.74, 6) is 0.0621. The number of hydrogen-bond donors (Lipinski definition) is 1. The number of fused-ring (bicyclic) bond motifs is 1. The Morgan fingerprint density at radius 3 is 2.63 bits per heavy atom. The van der Waals surface area contributed by atoms with Gasteiger partial charge in [-0.3, -0.25) is 9.78 Å². The second kappa shape index (κ2) is 11.0. The van der Waals surface area contributed by atoms with Crippen molar-refractivity contribution in [2.24, 2.45) is 0 Å². The Hall–Kier alpha value is -3.22. The number of halogens is 4. The molecule has 0 radical (unpaired) electrons. The normalized spacial score (nSPS) is 12.1. The van der Waals surface area contributed by atoms with Crippen molar-refractivity contribution in [3.63, 3.8) is 0 Å². The number of nitrogens with zero attached hydrogens (tertiary/aromatic N) is 1. The number of para-hydroxylation sites is 1. The average molecular weight is 515 g/mol. The van der Waals surface area contributed by atoms with Gasteiger partial charge in [-0.15, -0.1) is 11.6 Å². The van der Waals surface area contributed by atoms with Crippen molar-refractivity contribution in [3.8, 4) is 11.5 Å². The second-order valence-electron chi connectivity index (χ2n) is 8.11. The number of nitrogens with one attached hydrogen (secondary N) is 1. The summed E-state index contributed by atoms with van der Waals surface area (Å²) in [6, 6.07) is 18.0. The molecule has 8 heteroatoms. The molecule has 1 unspecified atom stereocenters. The topological polar surface area (TPSA) is 51.2 Å². The van der Waals surface area contributed by atoms with Crippen LogP contribution in [-0.2, 0) is 6.42 Å². The van der Waals surface area contributed by atoms with E-state index >= 15 is 0 Å². The van der Waals surface area contributed by atoms with E-state index in [0.717, 1.165) is 11.1 Å². The van der Waals surface area contributed by atoms with Gasteiger partial charge in [-0.1, -0.05) is 54.1 Å². The molecule has 0 aliphatic heterocycles. The molecule has 35 heavy (non-hydrogen) atoms. The van der Waals surface area contributed by atoms with E-state index in [0.29, 0.717) is 22.3 Å². The first-order valence-corrected chi connectivity index (χ1v) is 11.8. The van der Waals surface area contributed by atoms with Gasteiger partial charge < -0.3 is 10.1 Å².